The van der Waals surface area contributed by atoms with Crippen molar-refractivity contribution >= 4 is 0 Å². The summed E-state index contributed by atoms with van der Waals surface area (Å²) in [5.41, 5.74) is 1.23. The first kappa shape index (κ1) is 13.4. The van der Waals surface area contributed by atoms with Crippen LogP contribution >= 0.6 is 0 Å². The second-order valence-corrected chi connectivity index (χ2v) is 5.46. The fourth-order valence-corrected chi connectivity index (χ4v) is 2.63. The summed E-state index contributed by atoms with van der Waals surface area (Å²) in [6.07, 6.45) is 0.504. The van der Waals surface area contributed by atoms with Crippen LogP contribution in [0.15, 0.2) is 24.3 Å². The van der Waals surface area contributed by atoms with E-state index in [4.69, 9.17) is 4.74 Å². The van der Waals surface area contributed by atoms with Gasteiger partial charge in [-0.25, -0.2) is 0 Å². The van der Waals surface area contributed by atoms with Crippen molar-refractivity contribution in [2.24, 2.45) is 5.92 Å². The maximum atomic E-state index is 9.45. The van der Waals surface area contributed by atoms with E-state index in [1.807, 2.05) is 25.1 Å². The number of aliphatic hydroxyl groups is 1. The summed E-state index contributed by atoms with van der Waals surface area (Å²) in [5.74, 6) is 1.42. The lowest BCUT2D eigenvalue weighted by atomic mass is 9.91. The number of rotatable bonds is 4. The molecule has 0 radical (unpaired) electrons. The van der Waals surface area contributed by atoms with E-state index >= 15 is 0 Å². The minimum Gasteiger partial charge on any atom is -0.493 e. The molecule has 0 spiro atoms. The molecule has 0 aromatic heterocycles. The standard InChI is InChI=1S/C15H23NO2/c1-10-9-18-14-7-5-4-6-13(14)15(10)16-11(2)8-12(3)17/h4-7,10-12,15-17H,8-9H2,1-3H3. The third-order valence-electron chi connectivity index (χ3n) is 3.48. The molecule has 0 saturated heterocycles. The SMILES string of the molecule is CC(O)CC(C)NC1c2ccccc2OCC1C. The minimum absolute atomic E-state index is 0.266. The van der Waals surface area contributed by atoms with Crippen LogP contribution in [0, 0.1) is 5.92 Å². The van der Waals surface area contributed by atoms with Crippen LogP contribution < -0.4 is 10.1 Å². The molecule has 2 rings (SSSR count). The van der Waals surface area contributed by atoms with Gasteiger partial charge >= 0.3 is 0 Å². The maximum Gasteiger partial charge on any atom is 0.124 e. The van der Waals surface area contributed by atoms with Gasteiger partial charge in [0, 0.05) is 23.6 Å². The molecule has 18 heavy (non-hydrogen) atoms. The topological polar surface area (TPSA) is 41.5 Å². The zero-order chi connectivity index (χ0) is 13.1. The van der Waals surface area contributed by atoms with E-state index in [0.29, 0.717) is 18.0 Å². The molecule has 0 aliphatic carbocycles. The van der Waals surface area contributed by atoms with Gasteiger partial charge in [0.25, 0.3) is 0 Å². The lowest BCUT2D eigenvalue weighted by Crippen LogP contribution is -2.39. The van der Waals surface area contributed by atoms with Gasteiger partial charge < -0.3 is 15.2 Å². The van der Waals surface area contributed by atoms with Gasteiger partial charge in [0.1, 0.15) is 5.75 Å². The average molecular weight is 249 g/mol. The number of hydrogen-bond donors (Lipinski definition) is 2. The van der Waals surface area contributed by atoms with E-state index < -0.39 is 0 Å². The van der Waals surface area contributed by atoms with Crippen LogP contribution in [0.1, 0.15) is 38.8 Å². The predicted octanol–water partition coefficient (Wildman–Crippen LogP) is 2.51. The third kappa shape index (κ3) is 3.03. The predicted molar refractivity (Wildman–Crippen MR) is 72.7 cm³/mol. The lowest BCUT2D eigenvalue weighted by Gasteiger charge is -2.34. The summed E-state index contributed by atoms with van der Waals surface area (Å²) in [6, 6.07) is 8.80. The lowest BCUT2D eigenvalue weighted by molar-refractivity contribution is 0.149. The van der Waals surface area contributed by atoms with E-state index in [1.54, 1.807) is 0 Å². The van der Waals surface area contributed by atoms with Gasteiger partial charge in [-0.2, -0.15) is 0 Å². The van der Waals surface area contributed by atoms with Gasteiger partial charge in [-0.3, -0.25) is 0 Å². The van der Waals surface area contributed by atoms with Crippen molar-refractivity contribution in [1.29, 1.82) is 0 Å². The van der Waals surface area contributed by atoms with E-state index in [2.05, 4.69) is 25.2 Å². The van der Waals surface area contributed by atoms with Gasteiger partial charge in [0.15, 0.2) is 0 Å². The molecule has 100 valence electrons. The Bertz CT molecular complexity index is 392. The van der Waals surface area contributed by atoms with Crippen LogP contribution in [0.25, 0.3) is 0 Å². The Balaban J connectivity index is 2.11. The zero-order valence-electron chi connectivity index (χ0n) is 11.4. The summed E-state index contributed by atoms with van der Waals surface area (Å²) < 4.78 is 5.74. The molecule has 3 heteroatoms. The minimum atomic E-state index is -0.266. The van der Waals surface area contributed by atoms with E-state index in [0.717, 1.165) is 18.8 Å². The van der Waals surface area contributed by atoms with Crippen molar-refractivity contribution in [3.63, 3.8) is 0 Å². The Morgan fingerprint density at radius 3 is 2.83 bits per heavy atom. The zero-order valence-corrected chi connectivity index (χ0v) is 11.4. The van der Waals surface area contributed by atoms with E-state index in [1.165, 1.54) is 5.56 Å². The van der Waals surface area contributed by atoms with Crippen LogP contribution in [0.5, 0.6) is 5.75 Å². The summed E-state index contributed by atoms with van der Waals surface area (Å²) >= 11 is 0. The highest BCUT2D eigenvalue weighted by molar-refractivity contribution is 5.38. The van der Waals surface area contributed by atoms with Gasteiger partial charge in [0.2, 0.25) is 0 Å². The Kier molecular flexibility index (Phi) is 4.25. The van der Waals surface area contributed by atoms with Crippen molar-refractivity contribution in [3.8, 4) is 5.75 Å². The largest absolute Gasteiger partial charge is 0.493 e. The summed E-state index contributed by atoms with van der Waals surface area (Å²) in [6.45, 7) is 6.90. The van der Waals surface area contributed by atoms with Gasteiger partial charge in [-0.05, 0) is 26.3 Å². The first-order chi connectivity index (χ1) is 8.58. The van der Waals surface area contributed by atoms with Crippen molar-refractivity contribution in [3.05, 3.63) is 29.8 Å². The van der Waals surface area contributed by atoms with E-state index in [-0.39, 0.29) is 6.10 Å². The number of fused-ring (bicyclic) bond motifs is 1. The second kappa shape index (κ2) is 5.72. The molecular formula is C15H23NO2. The van der Waals surface area contributed by atoms with Gasteiger partial charge in [-0.15, -0.1) is 0 Å². The number of benzene rings is 1. The fraction of sp³-hybridized carbons (Fsp3) is 0.600. The summed E-state index contributed by atoms with van der Waals surface area (Å²) in [7, 11) is 0. The molecule has 1 aromatic carbocycles. The Hall–Kier alpha value is -1.06. The average Bonchev–Trinajstić information content (AvgIpc) is 2.32. The molecule has 4 unspecified atom stereocenters. The quantitative estimate of drug-likeness (QED) is 0.861. The molecule has 1 heterocycles. The highest BCUT2D eigenvalue weighted by Gasteiger charge is 2.28. The van der Waals surface area contributed by atoms with Gasteiger partial charge in [0.05, 0.1) is 12.7 Å². The molecule has 1 aliphatic heterocycles. The molecule has 0 bridgehead atoms. The van der Waals surface area contributed by atoms with Crippen molar-refractivity contribution in [2.45, 2.75) is 45.4 Å². The normalized spacial score (nSPS) is 26.0. The molecule has 1 aliphatic rings. The molecule has 2 N–H and O–H groups in total. The monoisotopic (exact) mass is 249 g/mol. The van der Waals surface area contributed by atoms with Crippen LogP contribution in [-0.4, -0.2) is 23.9 Å². The third-order valence-corrected chi connectivity index (χ3v) is 3.48. The highest BCUT2D eigenvalue weighted by atomic mass is 16.5. The number of hydrogen-bond acceptors (Lipinski definition) is 3. The molecule has 1 aromatic rings. The number of aliphatic hydroxyl groups excluding tert-OH is 1. The summed E-state index contributed by atoms with van der Waals surface area (Å²) in [5, 5.41) is 13.1. The fourth-order valence-electron chi connectivity index (χ4n) is 2.63. The van der Waals surface area contributed by atoms with Gasteiger partial charge in [-0.1, -0.05) is 25.1 Å². The van der Waals surface area contributed by atoms with Crippen molar-refractivity contribution < 1.29 is 9.84 Å². The Morgan fingerprint density at radius 2 is 2.11 bits per heavy atom. The van der Waals surface area contributed by atoms with Crippen LogP contribution in [0.2, 0.25) is 0 Å². The van der Waals surface area contributed by atoms with Crippen LogP contribution in [0.3, 0.4) is 0 Å². The first-order valence-electron chi connectivity index (χ1n) is 6.73. The number of ether oxygens (including phenoxy) is 1. The molecule has 0 amide bonds. The number of para-hydroxylation sites is 1. The summed E-state index contributed by atoms with van der Waals surface area (Å²) in [4.78, 5) is 0. The number of nitrogens with one attached hydrogen (secondary N) is 1. The second-order valence-electron chi connectivity index (χ2n) is 5.46. The molecule has 3 nitrogen and oxygen atoms in total. The first-order valence-corrected chi connectivity index (χ1v) is 6.73. The molecule has 0 saturated carbocycles. The van der Waals surface area contributed by atoms with E-state index in [9.17, 15) is 5.11 Å². The highest BCUT2D eigenvalue weighted by Crippen LogP contribution is 2.35. The Labute approximate surface area is 109 Å². The van der Waals surface area contributed by atoms with Crippen LogP contribution in [0.4, 0.5) is 0 Å². The van der Waals surface area contributed by atoms with Crippen molar-refractivity contribution in [1.82, 2.24) is 5.32 Å². The molecular weight excluding hydrogens is 226 g/mol. The van der Waals surface area contributed by atoms with Crippen LogP contribution in [-0.2, 0) is 0 Å². The molecule has 0 fully saturated rings. The Morgan fingerprint density at radius 1 is 1.39 bits per heavy atom. The van der Waals surface area contributed by atoms with Crippen molar-refractivity contribution in [2.75, 3.05) is 6.61 Å². The maximum absolute atomic E-state index is 9.45. The molecule has 4 atom stereocenters. The smallest absolute Gasteiger partial charge is 0.124 e.